The van der Waals surface area contributed by atoms with E-state index in [1.54, 1.807) is 6.33 Å². The lowest BCUT2D eigenvalue weighted by atomic mass is 9.83. The molecule has 7 heteroatoms. The van der Waals surface area contributed by atoms with E-state index in [9.17, 15) is 0 Å². The Hall–Kier alpha value is -1.64. The standard InChI is InChI=1S/C19H28N6.HI/c1-3-19(11-7-8-12-19)14-22-18(20-2)21-13-17-24-23-15-25(17)16-9-5-4-6-10-16;/h4-6,9-10,15H,3,7-8,11-14H2,1-2H3,(H2,20,21,22);1H. The van der Waals surface area contributed by atoms with Crippen LogP contribution in [0.4, 0.5) is 0 Å². The van der Waals surface area contributed by atoms with Crippen LogP contribution in [0.2, 0.25) is 0 Å². The van der Waals surface area contributed by atoms with Gasteiger partial charge in [-0.15, -0.1) is 34.2 Å². The van der Waals surface area contributed by atoms with Gasteiger partial charge in [0.25, 0.3) is 0 Å². The molecule has 0 spiro atoms. The van der Waals surface area contributed by atoms with Crippen LogP contribution >= 0.6 is 24.0 Å². The molecule has 6 nitrogen and oxygen atoms in total. The van der Waals surface area contributed by atoms with Gasteiger partial charge < -0.3 is 10.6 Å². The number of rotatable bonds is 6. The van der Waals surface area contributed by atoms with Gasteiger partial charge in [0.1, 0.15) is 6.33 Å². The van der Waals surface area contributed by atoms with Gasteiger partial charge in [-0.25, -0.2) is 0 Å². The third-order valence-corrected chi connectivity index (χ3v) is 5.34. The van der Waals surface area contributed by atoms with E-state index in [1.165, 1.54) is 32.1 Å². The van der Waals surface area contributed by atoms with E-state index in [0.29, 0.717) is 12.0 Å². The van der Waals surface area contributed by atoms with Crippen molar-refractivity contribution in [3.8, 4) is 5.69 Å². The van der Waals surface area contributed by atoms with E-state index in [1.807, 2.05) is 41.9 Å². The van der Waals surface area contributed by atoms with E-state index in [0.717, 1.165) is 24.0 Å². The third kappa shape index (κ3) is 4.96. The average Bonchev–Trinajstić information content (AvgIpc) is 3.32. The second-order valence-electron chi connectivity index (χ2n) is 6.79. The number of guanidine groups is 1. The fourth-order valence-electron chi connectivity index (χ4n) is 3.62. The first-order valence-electron chi connectivity index (χ1n) is 9.15. The predicted octanol–water partition coefficient (Wildman–Crippen LogP) is 3.52. The van der Waals surface area contributed by atoms with E-state index in [4.69, 9.17) is 0 Å². The summed E-state index contributed by atoms with van der Waals surface area (Å²) in [5, 5.41) is 15.2. The number of nitrogens with zero attached hydrogens (tertiary/aromatic N) is 4. The van der Waals surface area contributed by atoms with Gasteiger partial charge in [0.15, 0.2) is 11.8 Å². The molecule has 1 fully saturated rings. The van der Waals surface area contributed by atoms with Crippen molar-refractivity contribution in [2.45, 2.75) is 45.6 Å². The summed E-state index contributed by atoms with van der Waals surface area (Å²) in [6.45, 7) is 3.85. The first-order chi connectivity index (χ1) is 12.3. The van der Waals surface area contributed by atoms with Gasteiger partial charge in [-0.3, -0.25) is 9.56 Å². The van der Waals surface area contributed by atoms with Crippen LogP contribution in [-0.2, 0) is 6.54 Å². The van der Waals surface area contributed by atoms with Crippen LogP contribution in [0.5, 0.6) is 0 Å². The molecule has 0 radical (unpaired) electrons. The summed E-state index contributed by atoms with van der Waals surface area (Å²) in [6, 6.07) is 10.1. The quantitative estimate of drug-likeness (QED) is 0.387. The van der Waals surface area contributed by atoms with Crippen molar-refractivity contribution in [1.82, 2.24) is 25.4 Å². The zero-order chi connectivity index (χ0) is 17.5. The van der Waals surface area contributed by atoms with Crippen molar-refractivity contribution in [3.05, 3.63) is 42.5 Å². The van der Waals surface area contributed by atoms with Crippen molar-refractivity contribution in [1.29, 1.82) is 0 Å². The lowest BCUT2D eigenvalue weighted by Crippen LogP contribution is -2.42. The highest BCUT2D eigenvalue weighted by molar-refractivity contribution is 14.0. The summed E-state index contributed by atoms with van der Waals surface area (Å²) in [5.74, 6) is 1.68. The molecule has 1 aliphatic carbocycles. The Kier molecular flexibility index (Phi) is 7.86. The molecule has 1 aromatic carbocycles. The summed E-state index contributed by atoms with van der Waals surface area (Å²) in [7, 11) is 1.81. The van der Waals surface area contributed by atoms with Crippen LogP contribution in [0.25, 0.3) is 5.69 Å². The second kappa shape index (κ2) is 9.89. The van der Waals surface area contributed by atoms with E-state index >= 15 is 0 Å². The van der Waals surface area contributed by atoms with Crippen molar-refractivity contribution in [2.24, 2.45) is 10.4 Å². The van der Waals surface area contributed by atoms with Crippen LogP contribution in [0, 0.1) is 5.41 Å². The van der Waals surface area contributed by atoms with Gasteiger partial charge in [-0.2, -0.15) is 0 Å². The van der Waals surface area contributed by atoms with Crippen LogP contribution in [-0.4, -0.2) is 34.3 Å². The smallest absolute Gasteiger partial charge is 0.191 e. The highest BCUT2D eigenvalue weighted by atomic mass is 127. The van der Waals surface area contributed by atoms with E-state index < -0.39 is 0 Å². The first-order valence-corrected chi connectivity index (χ1v) is 9.15. The van der Waals surface area contributed by atoms with Crippen molar-refractivity contribution in [2.75, 3.05) is 13.6 Å². The third-order valence-electron chi connectivity index (χ3n) is 5.34. The molecular weight excluding hydrogens is 439 g/mol. The number of aliphatic imine (C=N–C) groups is 1. The molecule has 0 unspecified atom stereocenters. The van der Waals surface area contributed by atoms with Crippen molar-refractivity contribution in [3.63, 3.8) is 0 Å². The van der Waals surface area contributed by atoms with Gasteiger partial charge in [0, 0.05) is 19.3 Å². The number of hydrogen-bond donors (Lipinski definition) is 2. The monoisotopic (exact) mass is 468 g/mol. The van der Waals surface area contributed by atoms with Gasteiger partial charge in [0.05, 0.1) is 6.54 Å². The van der Waals surface area contributed by atoms with Crippen LogP contribution in [0.1, 0.15) is 44.9 Å². The molecule has 3 rings (SSSR count). The Balaban J connectivity index is 0.00000243. The Bertz CT molecular complexity index is 691. The molecule has 0 atom stereocenters. The maximum absolute atomic E-state index is 4.35. The van der Waals surface area contributed by atoms with Crippen LogP contribution < -0.4 is 10.6 Å². The second-order valence-corrected chi connectivity index (χ2v) is 6.79. The maximum atomic E-state index is 4.35. The van der Waals surface area contributed by atoms with Gasteiger partial charge in [0.2, 0.25) is 0 Å². The van der Waals surface area contributed by atoms with E-state index in [2.05, 4.69) is 32.7 Å². The summed E-state index contributed by atoms with van der Waals surface area (Å²) in [6.07, 6.45) is 8.29. The normalized spacial score (nSPS) is 16.2. The van der Waals surface area contributed by atoms with Gasteiger partial charge in [-0.05, 0) is 36.8 Å². The fraction of sp³-hybridized carbons (Fsp3) is 0.526. The lowest BCUT2D eigenvalue weighted by molar-refractivity contribution is 0.283. The predicted molar refractivity (Wildman–Crippen MR) is 116 cm³/mol. The molecule has 1 heterocycles. The number of benzene rings is 1. The number of para-hydroxylation sites is 1. The van der Waals surface area contributed by atoms with Crippen LogP contribution in [0.3, 0.4) is 0 Å². The maximum Gasteiger partial charge on any atom is 0.191 e. The molecular formula is C19H29IN6. The SMILES string of the molecule is CCC1(CNC(=NC)NCc2nncn2-c2ccccc2)CCCC1.I. The van der Waals surface area contributed by atoms with Crippen LogP contribution in [0.15, 0.2) is 41.7 Å². The zero-order valence-electron chi connectivity index (χ0n) is 15.6. The topological polar surface area (TPSA) is 67.1 Å². The molecule has 0 aliphatic heterocycles. The Morgan fingerprint density at radius 1 is 1.19 bits per heavy atom. The number of aromatic nitrogens is 3. The summed E-state index contributed by atoms with van der Waals surface area (Å²) < 4.78 is 1.99. The Labute approximate surface area is 172 Å². The fourth-order valence-corrected chi connectivity index (χ4v) is 3.62. The summed E-state index contributed by atoms with van der Waals surface area (Å²) >= 11 is 0. The minimum Gasteiger partial charge on any atom is -0.356 e. The molecule has 0 saturated heterocycles. The minimum absolute atomic E-state index is 0. The Morgan fingerprint density at radius 3 is 2.58 bits per heavy atom. The highest BCUT2D eigenvalue weighted by Crippen LogP contribution is 2.40. The molecule has 1 aliphatic rings. The number of nitrogens with one attached hydrogen (secondary N) is 2. The molecule has 2 aromatic rings. The molecule has 0 amide bonds. The molecule has 142 valence electrons. The molecule has 1 aromatic heterocycles. The van der Waals surface area contributed by atoms with Gasteiger partial charge >= 0.3 is 0 Å². The minimum atomic E-state index is 0. The van der Waals surface area contributed by atoms with Gasteiger partial charge in [-0.1, -0.05) is 38.0 Å². The molecule has 1 saturated carbocycles. The first kappa shape index (κ1) is 20.7. The molecule has 2 N–H and O–H groups in total. The summed E-state index contributed by atoms with van der Waals surface area (Å²) in [4.78, 5) is 4.35. The van der Waals surface area contributed by atoms with Crippen molar-refractivity contribution < 1.29 is 0 Å². The number of hydrogen-bond acceptors (Lipinski definition) is 3. The van der Waals surface area contributed by atoms with E-state index in [-0.39, 0.29) is 24.0 Å². The molecule has 0 bridgehead atoms. The largest absolute Gasteiger partial charge is 0.356 e. The van der Waals surface area contributed by atoms with Crippen molar-refractivity contribution >= 4 is 29.9 Å². The lowest BCUT2D eigenvalue weighted by Gasteiger charge is -2.28. The zero-order valence-corrected chi connectivity index (χ0v) is 17.9. The average molecular weight is 468 g/mol. The molecule has 26 heavy (non-hydrogen) atoms. The Morgan fingerprint density at radius 2 is 1.92 bits per heavy atom. The summed E-state index contributed by atoms with van der Waals surface area (Å²) in [5.41, 5.74) is 1.49. The number of halogens is 1. The highest BCUT2D eigenvalue weighted by Gasteiger charge is 2.31.